The normalized spacial score (nSPS) is 11.6. The van der Waals surface area contributed by atoms with Crippen LogP contribution in [0.3, 0.4) is 0 Å². The number of nitrogens with one attached hydrogen (secondary N) is 1. The molecule has 0 amide bonds. The van der Waals surface area contributed by atoms with Gasteiger partial charge in [0.15, 0.2) is 0 Å². The van der Waals surface area contributed by atoms with Crippen molar-refractivity contribution in [2.45, 2.75) is 32.7 Å². The average Bonchev–Trinajstić information content (AvgIpc) is 1.86. The van der Waals surface area contributed by atoms with Crippen molar-refractivity contribution < 1.29 is 0 Å². The topological polar surface area (TPSA) is 12.0 Å². The molecule has 0 atom stereocenters. The maximum Gasteiger partial charge on any atom is 0.0331 e. The number of hydrogen-bond donors (Lipinski definition) is 1. The molecule has 0 unspecified atom stereocenters. The lowest BCUT2D eigenvalue weighted by atomic mass is 9.94. The molecule has 0 radical (unpaired) electrons. The van der Waals surface area contributed by atoms with Gasteiger partial charge in [-0.05, 0) is 27.3 Å². The van der Waals surface area contributed by atoms with Gasteiger partial charge in [0.05, 0.1) is 0 Å². The molecule has 0 aliphatic heterocycles. The van der Waals surface area contributed by atoms with Crippen LogP contribution in [0.4, 0.5) is 0 Å². The molecule has 0 saturated heterocycles. The highest BCUT2D eigenvalue weighted by atomic mass is 14.9. The molecule has 0 rings (SSSR count). The summed E-state index contributed by atoms with van der Waals surface area (Å²) in [6.45, 7) is 10.4. The zero-order valence-corrected chi connectivity index (χ0v) is 6.91. The highest BCUT2D eigenvalue weighted by molar-refractivity contribution is 5.11. The third-order valence-corrected chi connectivity index (χ3v) is 1.94. The SMILES string of the molecule is C=C(CC)C(C)(C)NC. The third kappa shape index (κ3) is 2.19. The molecular formula is C8H17N. The van der Waals surface area contributed by atoms with Crippen molar-refractivity contribution in [1.29, 1.82) is 0 Å². The lowest BCUT2D eigenvalue weighted by Crippen LogP contribution is -2.37. The summed E-state index contributed by atoms with van der Waals surface area (Å²) in [5, 5.41) is 3.19. The van der Waals surface area contributed by atoms with Crippen molar-refractivity contribution >= 4 is 0 Å². The van der Waals surface area contributed by atoms with E-state index in [0.29, 0.717) is 0 Å². The zero-order valence-electron chi connectivity index (χ0n) is 6.91. The van der Waals surface area contributed by atoms with Crippen molar-refractivity contribution in [1.82, 2.24) is 5.32 Å². The van der Waals surface area contributed by atoms with Crippen LogP contribution in [0, 0.1) is 0 Å². The van der Waals surface area contributed by atoms with Gasteiger partial charge in [-0.3, -0.25) is 0 Å². The molecule has 0 heterocycles. The molecule has 0 spiro atoms. The van der Waals surface area contributed by atoms with E-state index in [4.69, 9.17) is 0 Å². The first-order chi connectivity index (χ1) is 4.04. The molecule has 1 nitrogen and oxygen atoms in total. The van der Waals surface area contributed by atoms with Crippen LogP contribution in [-0.2, 0) is 0 Å². The second-order valence-electron chi connectivity index (χ2n) is 2.83. The van der Waals surface area contributed by atoms with Gasteiger partial charge in [0.25, 0.3) is 0 Å². The van der Waals surface area contributed by atoms with Crippen LogP contribution in [0.25, 0.3) is 0 Å². The molecule has 0 bridgehead atoms. The van der Waals surface area contributed by atoms with E-state index in [2.05, 4.69) is 32.7 Å². The Labute approximate surface area is 58.2 Å². The fourth-order valence-corrected chi connectivity index (χ4v) is 0.619. The predicted octanol–water partition coefficient (Wildman–Crippen LogP) is 1.95. The Balaban J connectivity index is 3.97. The molecule has 1 N–H and O–H groups in total. The molecule has 0 aromatic carbocycles. The van der Waals surface area contributed by atoms with Gasteiger partial charge in [0.1, 0.15) is 0 Å². The van der Waals surface area contributed by atoms with Gasteiger partial charge in [-0.15, -0.1) is 0 Å². The van der Waals surface area contributed by atoms with Crippen molar-refractivity contribution in [2.24, 2.45) is 0 Å². The Morgan fingerprint density at radius 1 is 1.56 bits per heavy atom. The summed E-state index contributed by atoms with van der Waals surface area (Å²) < 4.78 is 0. The van der Waals surface area contributed by atoms with Gasteiger partial charge in [-0.2, -0.15) is 0 Å². The smallest absolute Gasteiger partial charge is 0.0331 e. The van der Waals surface area contributed by atoms with E-state index in [9.17, 15) is 0 Å². The largest absolute Gasteiger partial charge is 0.311 e. The third-order valence-electron chi connectivity index (χ3n) is 1.94. The maximum absolute atomic E-state index is 3.95. The number of rotatable bonds is 3. The Bertz CT molecular complexity index is 103. The monoisotopic (exact) mass is 127 g/mol. The lowest BCUT2D eigenvalue weighted by molar-refractivity contribution is 0.486. The molecule has 0 fully saturated rings. The minimum absolute atomic E-state index is 0.106. The van der Waals surface area contributed by atoms with Crippen LogP contribution in [0.15, 0.2) is 12.2 Å². The molecule has 0 aliphatic rings. The van der Waals surface area contributed by atoms with E-state index in [0.717, 1.165) is 6.42 Å². The lowest BCUT2D eigenvalue weighted by Gasteiger charge is -2.25. The van der Waals surface area contributed by atoms with Gasteiger partial charge >= 0.3 is 0 Å². The van der Waals surface area contributed by atoms with Gasteiger partial charge < -0.3 is 5.32 Å². The molecular weight excluding hydrogens is 110 g/mol. The summed E-state index contributed by atoms with van der Waals surface area (Å²) in [6.07, 6.45) is 1.05. The van der Waals surface area contributed by atoms with Crippen molar-refractivity contribution in [3.8, 4) is 0 Å². The fourth-order valence-electron chi connectivity index (χ4n) is 0.619. The average molecular weight is 127 g/mol. The van der Waals surface area contributed by atoms with Crippen LogP contribution in [0.2, 0.25) is 0 Å². The molecule has 0 aromatic rings. The van der Waals surface area contributed by atoms with Crippen LogP contribution >= 0.6 is 0 Å². The zero-order chi connectivity index (χ0) is 7.49. The van der Waals surface area contributed by atoms with Crippen molar-refractivity contribution in [2.75, 3.05) is 7.05 Å². The highest BCUT2D eigenvalue weighted by Crippen LogP contribution is 2.15. The summed E-state index contributed by atoms with van der Waals surface area (Å²) in [4.78, 5) is 0. The Kier molecular flexibility index (Phi) is 2.92. The standard InChI is InChI=1S/C8H17N/c1-6-7(2)8(3,4)9-5/h9H,2,6H2,1,3-5H3. The first-order valence-corrected chi connectivity index (χ1v) is 3.41. The van der Waals surface area contributed by atoms with E-state index in [1.807, 2.05) is 7.05 Å². The Morgan fingerprint density at radius 3 is 2.11 bits per heavy atom. The Hall–Kier alpha value is -0.300. The second-order valence-corrected chi connectivity index (χ2v) is 2.83. The first kappa shape index (κ1) is 8.70. The summed E-state index contributed by atoms with van der Waals surface area (Å²) in [7, 11) is 1.96. The summed E-state index contributed by atoms with van der Waals surface area (Å²) in [5.74, 6) is 0. The van der Waals surface area contributed by atoms with E-state index >= 15 is 0 Å². The van der Waals surface area contributed by atoms with Gasteiger partial charge in [0, 0.05) is 5.54 Å². The number of likely N-dealkylation sites (N-methyl/N-ethyl adjacent to an activating group) is 1. The quantitative estimate of drug-likeness (QED) is 0.571. The highest BCUT2D eigenvalue weighted by Gasteiger charge is 2.16. The molecule has 1 heteroatoms. The molecule has 0 aromatic heterocycles. The van der Waals surface area contributed by atoms with E-state index in [1.54, 1.807) is 0 Å². The minimum Gasteiger partial charge on any atom is -0.311 e. The fraction of sp³-hybridized carbons (Fsp3) is 0.750. The number of hydrogen-bond acceptors (Lipinski definition) is 1. The van der Waals surface area contributed by atoms with E-state index in [1.165, 1.54) is 5.57 Å². The van der Waals surface area contributed by atoms with Gasteiger partial charge in [-0.25, -0.2) is 0 Å². The molecule has 0 aliphatic carbocycles. The molecule has 9 heavy (non-hydrogen) atoms. The molecule has 0 saturated carbocycles. The minimum atomic E-state index is 0.106. The Morgan fingerprint density at radius 2 is 2.00 bits per heavy atom. The predicted molar refractivity (Wildman–Crippen MR) is 42.6 cm³/mol. The van der Waals surface area contributed by atoms with Crippen LogP contribution < -0.4 is 5.32 Å². The van der Waals surface area contributed by atoms with Crippen LogP contribution in [-0.4, -0.2) is 12.6 Å². The summed E-state index contributed by atoms with van der Waals surface area (Å²) >= 11 is 0. The maximum atomic E-state index is 3.95. The van der Waals surface area contributed by atoms with Gasteiger partial charge in [0.2, 0.25) is 0 Å². The van der Waals surface area contributed by atoms with Crippen LogP contribution in [0.1, 0.15) is 27.2 Å². The van der Waals surface area contributed by atoms with E-state index in [-0.39, 0.29) is 5.54 Å². The summed E-state index contributed by atoms with van der Waals surface area (Å²) in [5.41, 5.74) is 1.36. The second kappa shape index (κ2) is 3.02. The van der Waals surface area contributed by atoms with Crippen LogP contribution in [0.5, 0.6) is 0 Å². The van der Waals surface area contributed by atoms with E-state index < -0.39 is 0 Å². The van der Waals surface area contributed by atoms with Gasteiger partial charge in [-0.1, -0.05) is 19.1 Å². The summed E-state index contributed by atoms with van der Waals surface area (Å²) in [6, 6.07) is 0. The van der Waals surface area contributed by atoms with Crippen molar-refractivity contribution in [3.63, 3.8) is 0 Å². The first-order valence-electron chi connectivity index (χ1n) is 3.41. The molecule has 54 valence electrons. The van der Waals surface area contributed by atoms with Crippen molar-refractivity contribution in [3.05, 3.63) is 12.2 Å².